The van der Waals surface area contributed by atoms with Crippen LogP contribution >= 0.6 is 0 Å². The monoisotopic (exact) mass is 265 g/mol. The van der Waals surface area contributed by atoms with Crippen molar-refractivity contribution in [3.63, 3.8) is 0 Å². The van der Waals surface area contributed by atoms with E-state index in [0.29, 0.717) is 18.9 Å². The number of amides is 1. The smallest absolute Gasteiger partial charge is 0.322 e. The number of aromatic nitrogens is 2. The largest absolute Gasteiger partial charge is 0.480 e. The molecule has 2 heterocycles. The molecule has 1 fully saturated rings. The molecule has 0 radical (unpaired) electrons. The Morgan fingerprint density at radius 3 is 2.58 bits per heavy atom. The van der Waals surface area contributed by atoms with Crippen molar-refractivity contribution in [2.24, 2.45) is 0 Å². The van der Waals surface area contributed by atoms with Gasteiger partial charge in [-0.2, -0.15) is 0 Å². The van der Waals surface area contributed by atoms with Crippen LogP contribution in [0.2, 0.25) is 0 Å². The van der Waals surface area contributed by atoms with Crippen molar-refractivity contribution in [2.75, 3.05) is 42.9 Å². The van der Waals surface area contributed by atoms with Gasteiger partial charge in [-0.05, 0) is 0 Å². The minimum Gasteiger partial charge on any atom is -0.480 e. The molecule has 0 atom stereocenters. The van der Waals surface area contributed by atoms with Crippen LogP contribution in [0.25, 0.3) is 0 Å². The van der Waals surface area contributed by atoms with E-state index in [1.54, 1.807) is 11.1 Å². The summed E-state index contributed by atoms with van der Waals surface area (Å²) in [6.45, 7) is 2.59. The lowest BCUT2D eigenvalue weighted by molar-refractivity contribution is -0.135. The molecule has 0 aliphatic carbocycles. The molecule has 2 N–H and O–H groups in total. The SMILES string of the molecule is O=CN1CCN(c2cnc(NCC(=O)O)cn2)CC1. The molecule has 8 nitrogen and oxygen atoms in total. The van der Waals surface area contributed by atoms with Gasteiger partial charge in [0.15, 0.2) is 0 Å². The van der Waals surface area contributed by atoms with Gasteiger partial charge in [0.05, 0.1) is 12.4 Å². The molecular weight excluding hydrogens is 250 g/mol. The highest BCUT2D eigenvalue weighted by atomic mass is 16.4. The molecule has 0 spiro atoms. The summed E-state index contributed by atoms with van der Waals surface area (Å²) < 4.78 is 0. The predicted molar refractivity (Wildman–Crippen MR) is 68.0 cm³/mol. The number of carbonyl (C=O) groups is 2. The molecule has 1 aliphatic heterocycles. The number of nitrogens with one attached hydrogen (secondary N) is 1. The first-order valence-corrected chi connectivity index (χ1v) is 5.91. The van der Waals surface area contributed by atoms with Gasteiger partial charge in [0, 0.05) is 26.2 Å². The van der Waals surface area contributed by atoms with Gasteiger partial charge >= 0.3 is 5.97 Å². The van der Waals surface area contributed by atoms with Crippen LogP contribution in [0.15, 0.2) is 12.4 Å². The Bertz CT molecular complexity index is 442. The maximum absolute atomic E-state index is 10.6. The first kappa shape index (κ1) is 13.1. The second kappa shape index (κ2) is 5.98. The topological polar surface area (TPSA) is 98.7 Å². The molecule has 8 heteroatoms. The number of piperazine rings is 1. The number of hydrogen-bond donors (Lipinski definition) is 2. The summed E-state index contributed by atoms with van der Waals surface area (Å²) in [7, 11) is 0. The number of carbonyl (C=O) groups excluding carboxylic acids is 1. The van der Waals surface area contributed by atoms with Crippen LogP contribution in [-0.2, 0) is 9.59 Å². The summed E-state index contributed by atoms with van der Waals surface area (Å²) in [5, 5.41) is 11.2. The number of nitrogens with zero attached hydrogens (tertiary/aromatic N) is 4. The molecule has 19 heavy (non-hydrogen) atoms. The maximum atomic E-state index is 10.6. The van der Waals surface area contributed by atoms with Gasteiger partial charge in [-0.1, -0.05) is 0 Å². The third kappa shape index (κ3) is 3.54. The van der Waals surface area contributed by atoms with Gasteiger partial charge in [0.25, 0.3) is 0 Å². The summed E-state index contributed by atoms with van der Waals surface area (Å²) in [6, 6.07) is 0. The van der Waals surface area contributed by atoms with E-state index in [9.17, 15) is 9.59 Å². The average Bonchev–Trinajstić information content (AvgIpc) is 2.46. The lowest BCUT2D eigenvalue weighted by Crippen LogP contribution is -2.46. The van der Waals surface area contributed by atoms with Gasteiger partial charge in [0.1, 0.15) is 18.2 Å². The van der Waals surface area contributed by atoms with Crippen LogP contribution in [0.1, 0.15) is 0 Å². The van der Waals surface area contributed by atoms with Crippen LogP contribution in [0.3, 0.4) is 0 Å². The predicted octanol–water partition coefficient (Wildman–Crippen LogP) is -0.748. The second-order valence-corrected chi connectivity index (χ2v) is 4.14. The fourth-order valence-corrected chi connectivity index (χ4v) is 1.80. The zero-order valence-corrected chi connectivity index (χ0v) is 10.3. The van der Waals surface area contributed by atoms with Crippen molar-refractivity contribution in [1.29, 1.82) is 0 Å². The highest BCUT2D eigenvalue weighted by Crippen LogP contribution is 2.13. The second-order valence-electron chi connectivity index (χ2n) is 4.14. The lowest BCUT2D eigenvalue weighted by atomic mass is 10.3. The lowest BCUT2D eigenvalue weighted by Gasteiger charge is -2.33. The van der Waals surface area contributed by atoms with E-state index in [0.717, 1.165) is 25.3 Å². The van der Waals surface area contributed by atoms with Gasteiger partial charge in [-0.25, -0.2) is 9.97 Å². The first-order valence-electron chi connectivity index (χ1n) is 5.91. The van der Waals surface area contributed by atoms with Crippen molar-refractivity contribution in [2.45, 2.75) is 0 Å². The fraction of sp³-hybridized carbons (Fsp3) is 0.455. The van der Waals surface area contributed by atoms with Crippen molar-refractivity contribution in [1.82, 2.24) is 14.9 Å². The van der Waals surface area contributed by atoms with Crippen LogP contribution in [-0.4, -0.2) is 65.1 Å². The first-order chi connectivity index (χ1) is 9.19. The molecule has 1 aliphatic rings. The van der Waals surface area contributed by atoms with Gasteiger partial charge < -0.3 is 20.2 Å². The highest BCUT2D eigenvalue weighted by Gasteiger charge is 2.16. The van der Waals surface area contributed by atoms with Crippen LogP contribution in [0.4, 0.5) is 11.6 Å². The summed E-state index contributed by atoms with van der Waals surface area (Å²) >= 11 is 0. The molecule has 1 aromatic heterocycles. The molecule has 0 saturated carbocycles. The van der Waals surface area contributed by atoms with E-state index < -0.39 is 5.97 Å². The van der Waals surface area contributed by atoms with Crippen molar-refractivity contribution < 1.29 is 14.7 Å². The molecule has 0 aromatic carbocycles. The fourth-order valence-electron chi connectivity index (χ4n) is 1.80. The van der Waals surface area contributed by atoms with E-state index in [-0.39, 0.29) is 6.54 Å². The highest BCUT2D eigenvalue weighted by molar-refractivity contribution is 5.72. The third-order valence-corrected chi connectivity index (χ3v) is 2.85. The molecule has 1 saturated heterocycles. The quantitative estimate of drug-likeness (QED) is 0.676. The van der Waals surface area contributed by atoms with Crippen LogP contribution in [0.5, 0.6) is 0 Å². The number of carboxylic acid groups (broad SMARTS) is 1. The standard InChI is InChI=1S/C11H15N5O3/c17-8-15-1-3-16(4-2-15)10-6-12-9(5-14-10)13-7-11(18)19/h5-6,8H,1-4,7H2,(H,12,13)(H,18,19). The molecule has 0 bridgehead atoms. The van der Waals surface area contributed by atoms with E-state index in [4.69, 9.17) is 5.11 Å². The summed E-state index contributed by atoms with van der Waals surface area (Å²) in [4.78, 5) is 33.1. The van der Waals surface area contributed by atoms with E-state index >= 15 is 0 Å². The van der Waals surface area contributed by atoms with Crippen molar-refractivity contribution >= 4 is 24.0 Å². The Morgan fingerprint density at radius 2 is 2.05 bits per heavy atom. The van der Waals surface area contributed by atoms with E-state index in [1.807, 2.05) is 4.90 Å². The number of aliphatic carboxylic acids is 1. The Kier molecular flexibility index (Phi) is 4.11. The minimum absolute atomic E-state index is 0.188. The number of hydrogen-bond acceptors (Lipinski definition) is 6. The normalized spacial score (nSPS) is 15.2. The van der Waals surface area contributed by atoms with Gasteiger partial charge in [-0.15, -0.1) is 0 Å². The Labute approximate surface area is 110 Å². The third-order valence-electron chi connectivity index (χ3n) is 2.85. The molecule has 2 rings (SSSR count). The zero-order valence-electron chi connectivity index (χ0n) is 10.3. The van der Waals surface area contributed by atoms with Gasteiger partial charge in [-0.3, -0.25) is 9.59 Å². The summed E-state index contributed by atoms with van der Waals surface area (Å²) in [5.41, 5.74) is 0. The van der Waals surface area contributed by atoms with Crippen molar-refractivity contribution in [3.05, 3.63) is 12.4 Å². The Hall–Kier alpha value is -2.38. The van der Waals surface area contributed by atoms with E-state index in [2.05, 4.69) is 15.3 Å². The van der Waals surface area contributed by atoms with E-state index in [1.165, 1.54) is 6.20 Å². The van der Waals surface area contributed by atoms with Crippen molar-refractivity contribution in [3.8, 4) is 0 Å². The number of carboxylic acids is 1. The Balaban J connectivity index is 1.91. The van der Waals surface area contributed by atoms with Crippen LogP contribution in [0, 0.1) is 0 Å². The number of anilines is 2. The molecule has 1 amide bonds. The maximum Gasteiger partial charge on any atom is 0.322 e. The molecule has 0 unspecified atom stereocenters. The zero-order chi connectivity index (χ0) is 13.7. The van der Waals surface area contributed by atoms with Gasteiger partial charge in [0.2, 0.25) is 6.41 Å². The summed E-state index contributed by atoms with van der Waals surface area (Å²) in [6.07, 6.45) is 3.95. The molecule has 1 aromatic rings. The Morgan fingerprint density at radius 1 is 1.32 bits per heavy atom. The average molecular weight is 265 g/mol. The van der Waals surface area contributed by atoms with Crippen LogP contribution < -0.4 is 10.2 Å². The number of rotatable bonds is 5. The molecular formula is C11H15N5O3. The molecule has 102 valence electrons. The minimum atomic E-state index is -0.948. The summed E-state index contributed by atoms with van der Waals surface area (Å²) in [5.74, 6) is 0.208.